The summed E-state index contributed by atoms with van der Waals surface area (Å²) in [4.78, 5) is 13.6. The molecule has 0 atom stereocenters. The van der Waals surface area contributed by atoms with Crippen molar-refractivity contribution in [1.82, 2.24) is 9.88 Å². The first-order valence-corrected chi connectivity index (χ1v) is 9.17. The zero-order valence-electron chi connectivity index (χ0n) is 15.0. The number of benzene rings is 1. The van der Waals surface area contributed by atoms with E-state index >= 15 is 0 Å². The fourth-order valence-electron chi connectivity index (χ4n) is 2.32. The molecule has 0 fully saturated rings. The van der Waals surface area contributed by atoms with Gasteiger partial charge in [0.25, 0.3) is 0 Å². The molecule has 24 heavy (non-hydrogen) atoms. The highest BCUT2D eigenvalue weighted by molar-refractivity contribution is 14.1. The summed E-state index contributed by atoms with van der Waals surface area (Å²) in [5, 5.41) is 0. The largest absolute Gasteiger partial charge is 0.366 e. The maximum atomic E-state index is 4.79. The van der Waals surface area contributed by atoms with Crippen LogP contribution >= 0.6 is 22.6 Å². The van der Waals surface area contributed by atoms with Gasteiger partial charge in [-0.3, -0.25) is 0 Å². The topological polar surface area (TPSA) is 31.7 Å². The number of hydrogen-bond acceptors (Lipinski definition) is 3. The van der Waals surface area contributed by atoms with E-state index in [-0.39, 0.29) is 0 Å². The van der Waals surface area contributed by atoms with E-state index in [1.165, 1.54) is 11.1 Å². The lowest BCUT2D eigenvalue weighted by atomic mass is 10.1. The van der Waals surface area contributed by atoms with E-state index in [0.717, 1.165) is 33.9 Å². The van der Waals surface area contributed by atoms with Crippen LogP contribution in [0.1, 0.15) is 23.7 Å². The standard InChI is InChI=1S/C19H25IN4/c1-6-23(4)13-21-18-11-17(20)19(22-15(18)3)24(5)12-16-10-8-7-9-14(16)2/h7-11,13H,6,12H2,1-5H3. The molecule has 0 aliphatic rings. The van der Waals surface area contributed by atoms with Crippen molar-refractivity contribution >= 4 is 40.4 Å². The molecular weight excluding hydrogens is 411 g/mol. The molecule has 128 valence electrons. The molecule has 0 unspecified atom stereocenters. The lowest BCUT2D eigenvalue weighted by molar-refractivity contribution is 0.552. The van der Waals surface area contributed by atoms with Crippen LogP contribution < -0.4 is 4.90 Å². The van der Waals surface area contributed by atoms with Gasteiger partial charge < -0.3 is 9.80 Å². The van der Waals surface area contributed by atoms with Gasteiger partial charge in [0.1, 0.15) is 5.82 Å². The third kappa shape index (κ3) is 4.69. The summed E-state index contributed by atoms with van der Waals surface area (Å²) in [6.45, 7) is 8.04. The Labute approximate surface area is 158 Å². The summed E-state index contributed by atoms with van der Waals surface area (Å²) >= 11 is 2.34. The molecule has 1 aromatic carbocycles. The average Bonchev–Trinajstić information content (AvgIpc) is 2.56. The molecule has 0 radical (unpaired) electrons. The van der Waals surface area contributed by atoms with E-state index in [2.05, 4.69) is 83.7 Å². The van der Waals surface area contributed by atoms with E-state index in [0.29, 0.717) is 0 Å². The summed E-state index contributed by atoms with van der Waals surface area (Å²) in [5.41, 5.74) is 4.50. The molecule has 0 saturated carbocycles. The summed E-state index contributed by atoms with van der Waals surface area (Å²) in [6, 6.07) is 10.6. The zero-order chi connectivity index (χ0) is 17.7. The lowest BCUT2D eigenvalue weighted by Crippen LogP contribution is -2.20. The maximum absolute atomic E-state index is 4.79. The molecule has 2 rings (SSSR count). The van der Waals surface area contributed by atoms with Crippen LogP contribution in [0.5, 0.6) is 0 Å². The first kappa shape index (κ1) is 18.7. The van der Waals surface area contributed by atoms with Gasteiger partial charge in [-0.05, 0) is 60.6 Å². The molecule has 0 spiro atoms. The van der Waals surface area contributed by atoms with E-state index in [1.807, 2.05) is 25.2 Å². The number of pyridine rings is 1. The quantitative estimate of drug-likeness (QED) is 0.378. The van der Waals surface area contributed by atoms with Gasteiger partial charge in [-0.15, -0.1) is 0 Å². The van der Waals surface area contributed by atoms with Crippen molar-refractivity contribution in [3.8, 4) is 0 Å². The van der Waals surface area contributed by atoms with Gasteiger partial charge in [0, 0.05) is 27.2 Å². The number of hydrogen-bond donors (Lipinski definition) is 0. The molecule has 2 aromatic rings. The SMILES string of the molecule is CCN(C)C=Nc1cc(I)c(N(C)Cc2ccccc2C)nc1C. The number of aliphatic imine (C=N–C) groups is 1. The van der Waals surface area contributed by atoms with Crippen molar-refractivity contribution in [3.63, 3.8) is 0 Å². The van der Waals surface area contributed by atoms with Crippen LogP contribution in [0.4, 0.5) is 11.5 Å². The predicted molar refractivity (Wildman–Crippen MR) is 111 cm³/mol. The first-order valence-electron chi connectivity index (χ1n) is 8.09. The Hall–Kier alpha value is -1.63. The number of anilines is 1. The van der Waals surface area contributed by atoms with Gasteiger partial charge in [0.2, 0.25) is 0 Å². The highest BCUT2D eigenvalue weighted by atomic mass is 127. The maximum Gasteiger partial charge on any atom is 0.142 e. The zero-order valence-corrected chi connectivity index (χ0v) is 17.2. The highest BCUT2D eigenvalue weighted by Crippen LogP contribution is 2.28. The molecule has 5 heteroatoms. The number of aromatic nitrogens is 1. The van der Waals surface area contributed by atoms with Crippen LogP contribution in [0.2, 0.25) is 0 Å². The second-order valence-corrected chi connectivity index (χ2v) is 7.16. The molecule has 0 aliphatic heterocycles. The molecule has 0 saturated heterocycles. The predicted octanol–water partition coefficient (Wildman–Crippen LogP) is 4.55. The minimum atomic E-state index is 0.844. The molecule has 0 N–H and O–H groups in total. The smallest absolute Gasteiger partial charge is 0.142 e. The van der Waals surface area contributed by atoms with Gasteiger partial charge in [0.15, 0.2) is 0 Å². The fraction of sp³-hybridized carbons (Fsp3) is 0.368. The first-order chi connectivity index (χ1) is 11.4. The Morgan fingerprint density at radius 3 is 2.58 bits per heavy atom. The Morgan fingerprint density at radius 1 is 1.21 bits per heavy atom. The summed E-state index contributed by atoms with van der Waals surface area (Å²) in [7, 11) is 4.10. The van der Waals surface area contributed by atoms with Crippen LogP contribution in [-0.4, -0.2) is 36.9 Å². The van der Waals surface area contributed by atoms with Crippen molar-refractivity contribution in [3.05, 3.63) is 50.7 Å². The minimum Gasteiger partial charge on any atom is -0.366 e. The Kier molecular flexibility index (Phi) is 6.60. The summed E-state index contributed by atoms with van der Waals surface area (Å²) in [5.74, 6) is 0.999. The molecule has 1 aromatic heterocycles. The van der Waals surface area contributed by atoms with Gasteiger partial charge in [-0.1, -0.05) is 24.3 Å². The number of rotatable bonds is 6. The highest BCUT2D eigenvalue weighted by Gasteiger charge is 2.12. The molecule has 0 amide bonds. The summed E-state index contributed by atoms with van der Waals surface area (Å²) in [6.07, 6.45) is 1.86. The molecule has 1 heterocycles. The van der Waals surface area contributed by atoms with Crippen molar-refractivity contribution in [2.45, 2.75) is 27.3 Å². The number of nitrogens with zero attached hydrogens (tertiary/aromatic N) is 4. The van der Waals surface area contributed by atoms with E-state index in [9.17, 15) is 0 Å². The third-order valence-corrected chi connectivity index (χ3v) is 4.84. The van der Waals surface area contributed by atoms with Crippen molar-refractivity contribution in [1.29, 1.82) is 0 Å². The summed E-state index contributed by atoms with van der Waals surface area (Å²) < 4.78 is 1.11. The van der Waals surface area contributed by atoms with Crippen LogP contribution in [-0.2, 0) is 6.54 Å². The molecule has 0 aliphatic carbocycles. The Morgan fingerprint density at radius 2 is 1.92 bits per heavy atom. The fourth-order valence-corrected chi connectivity index (χ4v) is 3.14. The second kappa shape index (κ2) is 8.46. The normalized spacial score (nSPS) is 11.1. The number of aryl methyl sites for hydroxylation is 2. The van der Waals surface area contributed by atoms with Crippen LogP contribution in [0, 0.1) is 17.4 Å². The van der Waals surface area contributed by atoms with Gasteiger partial charge >= 0.3 is 0 Å². The molecule has 4 nitrogen and oxygen atoms in total. The second-order valence-electron chi connectivity index (χ2n) is 6.00. The van der Waals surface area contributed by atoms with Crippen molar-refractivity contribution < 1.29 is 0 Å². The lowest BCUT2D eigenvalue weighted by Gasteiger charge is -2.21. The average molecular weight is 436 g/mol. The van der Waals surface area contributed by atoms with E-state index in [1.54, 1.807) is 0 Å². The van der Waals surface area contributed by atoms with Crippen LogP contribution in [0.3, 0.4) is 0 Å². The number of halogens is 1. The van der Waals surface area contributed by atoms with E-state index < -0.39 is 0 Å². The Balaban J connectivity index is 2.23. The van der Waals surface area contributed by atoms with Crippen LogP contribution in [0.15, 0.2) is 35.3 Å². The minimum absolute atomic E-state index is 0.844. The van der Waals surface area contributed by atoms with Crippen LogP contribution in [0.25, 0.3) is 0 Å². The van der Waals surface area contributed by atoms with Gasteiger partial charge in [-0.25, -0.2) is 9.98 Å². The Bertz CT molecular complexity index is 727. The van der Waals surface area contributed by atoms with Crippen molar-refractivity contribution in [2.24, 2.45) is 4.99 Å². The molecular formula is C19H25IN4. The molecule has 0 bridgehead atoms. The van der Waals surface area contributed by atoms with E-state index in [4.69, 9.17) is 4.98 Å². The van der Waals surface area contributed by atoms with Gasteiger partial charge in [-0.2, -0.15) is 0 Å². The third-order valence-electron chi connectivity index (χ3n) is 4.04. The van der Waals surface area contributed by atoms with Crippen molar-refractivity contribution in [2.75, 3.05) is 25.5 Å². The van der Waals surface area contributed by atoms with Gasteiger partial charge in [0.05, 0.1) is 21.3 Å². The monoisotopic (exact) mass is 436 g/mol.